The van der Waals surface area contributed by atoms with Gasteiger partial charge in [-0.25, -0.2) is 0 Å². The van der Waals surface area contributed by atoms with Crippen molar-refractivity contribution >= 4 is 17.7 Å². The van der Waals surface area contributed by atoms with Crippen LogP contribution in [0.3, 0.4) is 0 Å². The second-order valence-electron chi connectivity index (χ2n) is 9.25. The van der Waals surface area contributed by atoms with Gasteiger partial charge in [-0.3, -0.25) is 9.69 Å². The molecule has 3 aromatic rings. The van der Waals surface area contributed by atoms with E-state index in [2.05, 4.69) is 46.7 Å². The molecular weight excluding hydrogens is 442 g/mol. The summed E-state index contributed by atoms with van der Waals surface area (Å²) in [6.07, 6.45) is 6.61. The Morgan fingerprint density at radius 1 is 1.06 bits per heavy atom. The van der Waals surface area contributed by atoms with Crippen LogP contribution in [0.4, 0.5) is 0 Å². The lowest BCUT2D eigenvalue weighted by Gasteiger charge is -2.31. The first-order chi connectivity index (χ1) is 16.5. The molecule has 5 nitrogen and oxygen atoms in total. The average Bonchev–Trinajstić information content (AvgIpc) is 3.19. The molecule has 1 fully saturated rings. The van der Waals surface area contributed by atoms with Gasteiger partial charge < -0.3 is 9.84 Å². The number of hydrogen-bond donors (Lipinski definition) is 1. The Bertz CT molecular complexity index is 1090. The monoisotopic (exact) mass is 477 g/mol. The standard InChI is InChI=1S/C28H35N3O2S/c1-20-26(21(2)33-30-20)19-34-27-16-10-9-15-25(27)28(32)29-17-22-11-7-8-12-23(22)18-31(3)24-13-5-4-6-14-24/h7-12,15-16,24H,4-6,13-14,17-19H2,1-3H3,(H,29,32). The molecule has 0 bridgehead atoms. The van der Waals surface area contributed by atoms with Crippen molar-refractivity contribution in [1.29, 1.82) is 0 Å². The molecule has 1 amide bonds. The number of nitrogens with zero attached hydrogens (tertiary/aromatic N) is 2. The van der Waals surface area contributed by atoms with Gasteiger partial charge in [0.05, 0.1) is 11.3 Å². The van der Waals surface area contributed by atoms with E-state index >= 15 is 0 Å². The number of benzene rings is 2. The molecule has 0 spiro atoms. The fourth-order valence-corrected chi connectivity index (χ4v) is 5.92. The minimum Gasteiger partial charge on any atom is -0.361 e. The number of carbonyl (C=O) groups excluding carboxylic acids is 1. The van der Waals surface area contributed by atoms with Gasteiger partial charge in [0, 0.05) is 35.3 Å². The summed E-state index contributed by atoms with van der Waals surface area (Å²) in [5, 5.41) is 7.20. The molecule has 0 unspecified atom stereocenters. The highest BCUT2D eigenvalue weighted by Gasteiger charge is 2.19. The molecular formula is C28H35N3O2S. The molecule has 6 heteroatoms. The maximum absolute atomic E-state index is 13.1. The van der Waals surface area contributed by atoms with E-state index in [9.17, 15) is 4.79 Å². The fourth-order valence-electron chi connectivity index (χ4n) is 4.71. The van der Waals surface area contributed by atoms with Crippen LogP contribution < -0.4 is 5.32 Å². The maximum Gasteiger partial charge on any atom is 0.252 e. The van der Waals surface area contributed by atoms with E-state index in [1.165, 1.54) is 43.2 Å². The van der Waals surface area contributed by atoms with Crippen molar-refractivity contribution in [2.24, 2.45) is 0 Å². The van der Waals surface area contributed by atoms with Gasteiger partial charge in [-0.05, 0) is 57.0 Å². The molecule has 180 valence electrons. The molecule has 1 aliphatic rings. The summed E-state index contributed by atoms with van der Waals surface area (Å²) in [6, 6.07) is 16.9. The summed E-state index contributed by atoms with van der Waals surface area (Å²) < 4.78 is 5.28. The van der Waals surface area contributed by atoms with Crippen LogP contribution in [0.5, 0.6) is 0 Å². The van der Waals surface area contributed by atoms with E-state index < -0.39 is 0 Å². The Morgan fingerprint density at radius 2 is 1.76 bits per heavy atom. The molecule has 4 rings (SSSR count). The number of amides is 1. The van der Waals surface area contributed by atoms with Gasteiger partial charge in [0.25, 0.3) is 5.91 Å². The molecule has 1 aromatic heterocycles. The Hall–Kier alpha value is -2.57. The molecule has 0 atom stereocenters. The van der Waals surface area contributed by atoms with Gasteiger partial charge in [0.15, 0.2) is 0 Å². The molecule has 1 heterocycles. The van der Waals surface area contributed by atoms with Crippen LogP contribution in [0.25, 0.3) is 0 Å². The van der Waals surface area contributed by atoms with Crippen molar-refractivity contribution in [1.82, 2.24) is 15.4 Å². The minimum absolute atomic E-state index is 0.0442. The maximum atomic E-state index is 13.1. The van der Waals surface area contributed by atoms with Crippen LogP contribution in [-0.2, 0) is 18.8 Å². The lowest BCUT2D eigenvalue weighted by molar-refractivity contribution is 0.0947. The van der Waals surface area contributed by atoms with Crippen LogP contribution >= 0.6 is 11.8 Å². The number of hydrogen-bond acceptors (Lipinski definition) is 5. The van der Waals surface area contributed by atoms with Crippen LogP contribution in [0.2, 0.25) is 0 Å². The number of rotatable bonds is 9. The highest BCUT2D eigenvalue weighted by atomic mass is 32.2. The van der Waals surface area contributed by atoms with E-state index in [4.69, 9.17) is 4.52 Å². The molecule has 0 aliphatic heterocycles. The zero-order valence-electron chi connectivity index (χ0n) is 20.5. The highest BCUT2D eigenvalue weighted by Crippen LogP contribution is 2.29. The fraction of sp³-hybridized carbons (Fsp3) is 0.429. The summed E-state index contributed by atoms with van der Waals surface area (Å²) in [6.45, 7) is 5.32. The second-order valence-corrected chi connectivity index (χ2v) is 10.3. The Kier molecular flexibility index (Phi) is 8.46. The number of aryl methyl sites for hydroxylation is 2. The van der Waals surface area contributed by atoms with Crippen molar-refractivity contribution in [2.75, 3.05) is 7.05 Å². The van der Waals surface area contributed by atoms with E-state index in [1.54, 1.807) is 11.8 Å². The number of thioether (sulfide) groups is 1. The van der Waals surface area contributed by atoms with Gasteiger partial charge in [-0.1, -0.05) is 60.8 Å². The van der Waals surface area contributed by atoms with Gasteiger partial charge in [0.1, 0.15) is 5.76 Å². The summed E-state index contributed by atoms with van der Waals surface area (Å²) in [5.41, 5.74) is 5.17. The summed E-state index contributed by atoms with van der Waals surface area (Å²) in [7, 11) is 2.23. The summed E-state index contributed by atoms with van der Waals surface area (Å²) in [4.78, 5) is 16.6. The highest BCUT2D eigenvalue weighted by molar-refractivity contribution is 7.98. The van der Waals surface area contributed by atoms with Crippen LogP contribution in [0, 0.1) is 13.8 Å². The smallest absolute Gasteiger partial charge is 0.252 e. The Balaban J connectivity index is 1.40. The molecule has 0 radical (unpaired) electrons. The first-order valence-corrected chi connectivity index (χ1v) is 13.2. The zero-order valence-corrected chi connectivity index (χ0v) is 21.3. The number of aromatic nitrogens is 1. The first kappa shape index (κ1) is 24.6. The molecule has 1 aliphatic carbocycles. The van der Waals surface area contributed by atoms with Crippen molar-refractivity contribution in [3.63, 3.8) is 0 Å². The summed E-state index contributed by atoms with van der Waals surface area (Å²) >= 11 is 1.64. The molecule has 1 saturated carbocycles. The third kappa shape index (κ3) is 6.10. The molecule has 1 N–H and O–H groups in total. The van der Waals surface area contributed by atoms with Gasteiger partial charge in [-0.2, -0.15) is 0 Å². The third-order valence-corrected chi connectivity index (χ3v) is 7.96. The van der Waals surface area contributed by atoms with Crippen molar-refractivity contribution in [2.45, 2.75) is 75.7 Å². The van der Waals surface area contributed by atoms with Crippen molar-refractivity contribution in [3.8, 4) is 0 Å². The van der Waals surface area contributed by atoms with Gasteiger partial charge in [0.2, 0.25) is 0 Å². The van der Waals surface area contributed by atoms with Gasteiger partial charge in [-0.15, -0.1) is 11.8 Å². The van der Waals surface area contributed by atoms with E-state index in [0.29, 0.717) is 18.2 Å². The Labute approximate surface area is 207 Å². The number of nitrogens with one attached hydrogen (secondary N) is 1. The molecule has 2 aromatic carbocycles. The minimum atomic E-state index is -0.0442. The molecule has 0 saturated heterocycles. The van der Waals surface area contributed by atoms with Crippen LogP contribution in [-0.4, -0.2) is 29.1 Å². The normalized spacial score (nSPS) is 14.5. The third-order valence-electron chi connectivity index (χ3n) is 6.86. The molecule has 34 heavy (non-hydrogen) atoms. The largest absolute Gasteiger partial charge is 0.361 e. The Morgan fingerprint density at radius 3 is 2.50 bits per heavy atom. The second kappa shape index (κ2) is 11.7. The predicted molar refractivity (Wildman–Crippen MR) is 138 cm³/mol. The van der Waals surface area contributed by atoms with Crippen LogP contribution in [0.1, 0.15) is 70.6 Å². The van der Waals surface area contributed by atoms with Crippen molar-refractivity contribution in [3.05, 3.63) is 82.2 Å². The van der Waals surface area contributed by atoms with Crippen molar-refractivity contribution < 1.29 is 9.32 Å². The quantitative estimate of drug-likeness (QED) is 0.368. The number of carbonyl (C=O) groups is 1. The van der Waals surface area contributed by atoms with Gasteiger partial charge >= 0.3 is 0 Å². The summed E-state index contributed by atoms with van der Waals surface area (Å²) in [5.74, 6) is 1.51. The average molecular weight is 478 g/mol. The lowest BCUT2D eigenvalue weighted by Crippen LogP contribution is -2.33. The predicted octanol–water partition coefficient (Wildman–Crippen LogP) is 6.28. The SMILES string of the molecule is Cc1noc(C)c1CSc1ccccc1C(=O)NCc1ccccc1CN(C)C1CCCCC1. The van der Waals surface area contributed by atoms with E-state index in [1.807, 2.05) is 38.1 Å². The first-order valence-electron chi connectivity index (χ1n) is 12.2. The zero-order chi connectivity index (χ0) is 23.9. The van der Waals surface area contributed by atoms with E-state index in [0.717, 1.165) is 34.2 Å². The topological polar surface area (TPSA) is 58.4 Å². The van der Waals surface area contributed by atoms with E-state index in [-0.39, 0.29) is 5.91 Å². The van der Waals surface area contributed by atoms with Crippen LogP contribution in [0.15, 0.2) is 57.9 Å². The lowest BCUT2D eigenvalue weighted by atomic mass is 9.94.